The summed E-state index contributed by atoms with van der Waals surface area (Å²) in [6.07, 6.45) is 0.361. The molecule has 3 aromatic rings. The number of carboxylic acids is 1. The summed E-state index contributed by atoms with van der Waals surface area (Å²) in [4.78, 5) is 40.2. The van der Waals surface area contributed by atoms with E-state index < -0.39 is 35.9 Å². The van der Waals surface area contributed by atoms with Crippen LogP contribution in [0.4, 0.5) is 4.39 Å². The molecule has 10 heteroatoms. The molecular weight excluding hydrogens is 548 g/mol. The van der Waals surface area contributed by atoms with Crippen molar-refractivity contribution in [3.63, 3.8) is 0 Å². The van der Waals surface area contributed by atoms with E-state index in [1.54, 1.807) is 12.1 Å². The maximum Gasteiger partial charge on any atom is 0.305 e. The Morgan fingerprint density at radius 2 is 1.62 bits per heavy atom. The van der Waals surface area contributed by atoms with Gasteiger partial charge >= 0.3 is 5.97 Å². The van der Waals surface area contributed by atoms with Crippen LogP contribution < -0.4 is 0 Å². The molecule has 0 bridgehead atoms. The average Bonchev–Trinajstić information content (AvgIpc) is 3.15. The first-order chi connectivity index (χ1) is 18.6. The molecule has 0 radical (unpaired) electrons. The largest absolute Gasteiger partial charge is 0.481 e. The molecule has 3 aromatic carbocycles. The quantitative estimate of drug-likeness (QED) is 0.357. The maximum atomic E-state index is 16.0. The van der Waals surface area contributed by atoms with Gasteiger partial charge in [-0.05, 0) is 54.8 Å². The molecule has 1 saturated heterocycles. The third kappa shape index (κ3) is 4.94. The Morgan fingerprint density at radius 1 is 1.03 bits per heavy atom. The molecule has 39 heavy (non-hydrogen) atoms. The van der Waals surface area contributed by atoms with Crippen LogP contribution in [-0.2, 0) is 15.3 Å². The van der Waals surface area contributed by atoms with E-state index in [0.29, 0.717) is 41.7 Å². The molecule has 2 heterocycles. The Hall–Kier alpha value is -3.30. The molecule has 0 spiro atoms. The SMILES string of the molecule is O=C(O)CC(c1ccc(Cl)cc1)N1C(=O)c2cc(C(=O)C3CCOCC3)cc(F)c2C1(O)c1ccc(Cl)cc1. The van der Waals surface area contributed by atoms with Crippen molar-refractivity contribution in [2.24, 2.45) is 5.92 Å². The second-order valence-corrected chi connectivity index (χ2v) is 10.5. The van der Waals surface area contributed by atoms with Crippen LogP contribution in [0.1, 0.15) is 62.7 Å². The van der Waals surface area contributed by atoms with E-state index >= 15 is 4.39 Å². The first-order valence-electron chi connectivity index (χ1n) is 12.4. The second kappa shape index (κ2) is 10.7. The van der Waals surface area contributed by atoms with Gasteiger partial charge in [0.1, 0.15) is 5.82 Å². The number of nitrogens with zero attached hydrogens (tertiary/aromatic N) is 1. The molecule has 2 aliphatic rings. The molecule has 0 aliphatic carbocycles. The molecule has 5 rings (SSSR count). The Kier molecular flexibility index (Phi) is 7.48. The zero-order valence-corrected chi connectivity index (χ0v) is 22.1. The van der Waals surface area contributed by atoms with Gasteiger partial charge in [0.25, 0.3) is 5.91 Å². The molecule has 0 saturated carbocycles. The Labute approximate surface area is 233 Å². The van der Waals surface area contributed by atoms with Gasteiger partial charge in [0.05, 0.1) is 23.6 Å². The fourth-order valence-corrected chi connectivity index (χ4v) is 5.66. The number of rotatable bonds is 7. The first-order valence-corrected chi connectivity index (χ1v) is 13.1. The van der Waals surface area contributed by atoms with Crippen LogP contribution in [0.25, 0.3) is 0 Å². The van der Waals surface area contributed by atoms with Crippen molar-refractivity contribution in [3.05, 3.63) is 104 Å². The fourth-order valence-electron chi connectivity index (χ4n) is 5.41. The number of carbonyl (C=O) groups excluding carboxylic acids is 2. The van der Waals surface area contributed by atoms with Gasteiger partial charge in [-0.3, -0.25) is 19.3 Å². The van der Waals surface area contributed by atoms with Gasteiger partial charge in [-0.2, -0.15) is 0 Å². The molecule has 2 unspecified atom stereocenters. The van der Waals surface area contributed by atoms with Crippen molar-refractivity contribution in [1.82, 2.24) is 4.90 Å². The van der Waals surface area contributed by atoms with Crippen molar-refractivity contribution in [2.75, 3.05) is 13.2 Å². The zero-order chi connectivity index (χ0) is 27.9. The molecular formula is C29H24Cl2FNO6. The highest BCUT2D eigenvalue weighted by molar-refractivity contribution is 6.30. The summed E-state index contributed by atoms with van der Waals surface area (Å²) in [6, 6.07) is 13.1. The van der Waals surface area contributed by atoms with E-state index in [1.165, 1.54) is 42.5 Å². The minimum absolute atomic E-state index is 0.00748. The normalized spacial score (nSPS) is 20.1. The Morgan fingerprint density at radius 3 is 2.21 bits per heavy atom. The van der Waals surface area contributed by atoms with E-state index in [2.05, 4.69) is 0 Å². The summed E-state index contributed by atoms with van der Waals surface area (Å²) >= 11 is 12.1. The van der Waals surface area contributed by atoms with Crippen LogP contribution in [0.5, 0.6) is 0 Å². The van der Waals surface area contributed by atoms with Gasteiger partial charge in [-0.1, -0.05) is 47.5 Å². The minimum Gasteiger partial charge on any atom is -0.481 e. The van der Waals surface area contributed by atoms with Gasteiger partial charge in [0.15, 0.2) is 11.5 Å². The lowest BCUT2D eigenvalue weighted by Gasteiger charge is -2.40. The average molecular weight is 572 g/mol. The fraction of sp³-hybridized carbons (Fsp3) is 0.276. The monoisotopic (exact) mass is 571 g/mol. The second-order valence-electron chi connectivity index (χ2n) is 9.65. The lowest BCUT2D eigenvalue weighted by atomic mass is 9.87. The van der Waals surface area contributed by atoms with Crippen molar-refractivity contribution < 1.29 is 33.7 Å². The minimum atomic E-state index is -2.40. The van der Waals surface area contributed by atoms with E-state index in [1.807, 2.05) is 0 Å². The predicted molar refractivity (Wildman–Crippen MR) is 141 cm³/mol. The molecule has 1 fully saturated rings. The number of carboxylic acid groups (broad SMARTS) is 1. The van der Waals surface area contributed by atoms with Crippen molar-refractivity contribution in [1.29, 1.82) is 0 Å². The number of hydrogen-bond acceptors (Lipinski definition) is 5. The van der Waals surface area contributed by atoms with Crippen molar-refractivity contribution in [2.45, 2.75) is 31.0 Å². The van der Waals surface area contributed by atoms with Gasteiger partial charge in [0.2, 0.25) is 0 Å². The highest BCUT2D eigenvalue weighted by Gasteiger charge is 2.55. The van der Waals surface area contributed by atoms with Crippen LogP contribution in [0.2, 0.25) is 10.0 Å². The number of aliphatic hydroxyl groups is 1. The van der Waals surface area contributed by atoms with Crippen LogP contribution in [0, 0.1) is 11.7 Å². The van der Waals surface area contributed by atoms with E-state index in [9.17, 15) is 24.6 Å². The highest BCUT2D eigenvalue weighted by atomic mass is 35.5. The van der Waals surface area contributed by atoms with E-state index in [0.717, 1.165) is 11.0 Å². The van der Waals surface area contributed by atoms with Gasteiger partial charge < -0.3 is 14.9 Å². The highest BCUT2D eigenvalue weighted by Crippen LogP contribution is 2.49. The third-order valence-corrected chi connectivity index (χ3v) is 7.80. The molecule has 202 valence electrons. The maximum absolute atomic E-state index is 16.0. The predicted octanol–water partition coefficient (Wildman–Crippen LogP) is 5.61. The molecule has 1 amide bonds. The number of halogens is 3. The van der Waals surface area contributed by atoms with Crippen LogP contribution in [0.15, 0.2) is 60.7 Å². The number of hydrogen-bond donors (Lipinski definition) is 2. The Balaban J connectivity index is 1.70. The number of ether oxygens (including phenoxy) is 1. The number of benzene rings is 3. The van der Waals surface area contributed by atoms with Crippen molar-refractivity contribution in [3.8, 4) is 0 Å². The van der Waals surface area contributed by atoms with E-state index in [4.69, 9.17) is 27.9 Å². The topological polar surface area (TPSA) is 104 Å². The summed E-state index contributed by atoms with van der Waals surface area (Å²) in [5.41, 5.74) is -2.50. The first kappa shape index (κ1) is 27.3. The zero-order valence-electron chi connectivity index (χ0n) is 20.6. The summed E-state index contributed by atoms with van der Waals surface area (Å²) in [7, 11) is 0. The standard InChI is InChI=1S/C29H24Cl2FNO6/c30-20-5-1-16(2-6-20)24(15-25(34)35)33-28(37)22-13-18(27(36)17-9-11-39-12-10-17)14-23(32)26(22)29(33,38)19-3-7-21(31)8-4-19/h1-8,13-14,17,24,38H,9-12,15H2,(H,34,35). The number of carbonyl (C=O) groups is 3. The molecule has 2 N–H and O–H groups in total. The van der Waals surface area contributed by atoms with Gasteiger partial charge in [-0.25, -0.2) is 4.39 Å². The Bertz CT molecular complexity index is 1440. The summed E-state index contributed by atoms with van der Waals surface area (Å²) in [5.74, 6) is -3.72. The number of Topliss-reactive ketones (excluding diaryl/α,β-unsaturated/α-hetero) is 1. The molecule has 2 aliphatic heterocycles. The number of ketones is 1. The lowest BCUT2D eigenvalue weighted by molar-refractivity contribution is -0.140. The summed E-state index contributed by atoms with van der Waals surface area (Å²) < 4.78 is 21.3. The van der Waals surface area contributed by atoms with Gasteiger partial charge in [0, 0.05) is 40.3 Å². The number of aliphatic carboxylic acids is 1. The van der Waals surface area contributed by atoms with Crippen LogP contribution >= 0.6 is 23.2 Å². The van der Waals surface area contributed by atoms with Gasteiger partial charge in [-0.15, -0.1) is 0 Å². The smallest absolute Gasteiger partial charge is 0.305 e. The summed E-state index contributed by atoms with van der Waals surface area (Å²) in [6.45, 7) is 0.815. The summed E-state index contributed by atoms with van der Waals surface area (Å²) in [5, 5.41) is 22.8. The third-order valence-electron chi connectivity index (χ3n) is 7.29. The number of amides is 1. The lowest BCUT2D eigenvalue weighted by Crippen LogP contribution is -2.47. The molecule has 2 atom stereocenters. The molecule has 0 aromatic heterocycles. The van der Waals surface area contributed by atoms with Crippen molar-refractivity contribution >= 4 is 40.9 Å². The van der Waals surface area contributed by atoms with E-state index in [-0.39, 0.29) is 34.0 Å². The molecule has 7 nitrogen and oxygen atoms in total. The van der Waals surface area contributed by atoms with Crippen LogP contribution in [-0.4, -0.2) is 46.0 Å². The number of fused-ring (bicyclic) bond motifs is 1. The van der Waals surface area contributed by atoms with Crippen LogP contribution in [0.3, 0.4) is 0 Å².